The molecule has 1 saturated carbocycles. The van der Waals surface area contributed by atoms with Crippen molar-refractivity contribution < 1.29 is 9.53 Å². The van der Waals surface area contributed by atoms with Crippen LogP contribution in [0.1, 0.15) is 43.7 Å². The Morgan fingerprint density at radius 1 is 1.22 bits per heavy atom. The normalized spacial score (nSPS) is 14.4. The van der Waals surface area contributed by atoms with E-state index in [-0.39, 0.29) is 11.8 Å². The summed E-state index contributed by atoms with van der Waals surface area (Å²) in [5.74, 6) is 2.22. The number of hydrogen-bond donors (Lipinski definition) is 3. The molecule has 2 rings (SSSR count). The molecule has 0 aromatic heterocycles. The van der Waals surface area contributed by atoms with Crippen molar-refractivity contribution >= 4 is 11.9 Å². The van der Waals surface area contributed by atoms with Crippen LogP contribution in [0.4, 0.5) is 0 Å². The highest BCUT2D eigenvalue weighted by Crippen LogP contribution is 2.26. The maximum Gasteiger partial charge on any atom is 0.223 e. The molecular weight excluding hydrogens is 340 g/mol. The van der Waals surface area contributed by atoms with Gasteiger partial charge in [0.25, 0.3) is 0 Å². The van der Waals surface area contributed by atoms with Crippen LogP contribution >= 0.6 is 0 Å². The predicted octanol–water partition coefficient (Wildman–Crippen LogP) is 2.41. The molecule has 1 fully saturated rings. The largest absolute Gasteiger partial charge is 0.496 e. The van der Waals surface area contributed by atoms with Crippen LogP contribution in [0.3, 0.4) is 0 Å². The van der Waals surface area contributed by atoms with Gasteiger partial charge in [-0.1, -0.05) is 18.6 Å². The standard InChI is InChI=1S/C21H34N4O2/c1-4-22-21(24-13-6-12-23-20(26)18-7-5-8-18)25-14-11-17-10-9-16(2)19(15-17)27-3/h9-10,15,18H,4-8,11-14H2,1-3H3,(H,23,26)(H2,22,24,25). The maximum atomic E-state index is 11.8. The quantitative estimate of drug-likeness (QED) is 0.334. The summed E-state index contributed by atoms with van der Waals surface area (Å²) in [7, 11) is 1.70. The first-order chi connectivity index (χ1) is 13.1. The van der Waals surface area contributed by atoms with E-state index in [0.717, 1.165) is 56.0 Å². The third-order valence-electron chi connectivity index (χ3n) is 4.90. The number of carbonyl (C=O) groups excluding carboxylic acids is 1. The summed E-state index contributed by atoms with van der Waals surface area (Å²) in [5.41, 5.74) is 2.38. The number of nitrogens with one attached hydrogen (secondary N) is 3. The number of methoxy groups -OCH3 is 1. The number of amides is 1. The van der Waals surface area contributed by atoms with Crippen LogP contribution in [-0.4, -0.2) is 45.2 Å². The third-order valence-corrected chi connectivity index (χ3v) is 4.90. The van der Waals surface area contributed by atoms with Gasteiger partial charge in [-0.25, -0.2) is 0 Å². The van der Waals surface area contributed by atoms with Gasteiger partial charge >= 0.3 is 0 Å². The fourth-order valence-corrected chi connectivity index (χ4v) is 2.98. The summed E-state index contributed by atoms with van der Waals surface area (Å²) in [4.78, 5) is 16.4. The Balaban J connectivity index is 1.68. The van der Waals surface area contributed by atoms with Gasteiger partial charge in [0.15, 0.2) is 5.96 Å². The second kappa shape index (κ2) is 11.5. The number of carbonyl (C=O) groups is 1. The number of rotatable bonds is 10. The second-order valence-electron chi connectivity index (χ2n) is 7.01. The van der Waals surface area contributed by atoms with E-state index in [1.807, 2.05) is 6.92 Å². The first-order valence-corrected chi connectivity index (χ1v) is 10.1. The lowest BCUT2D eigenvalue weighted by Gasteiger charge is -2.23. The van der Waals surface area contributed by atoms with E-state index >= 15 is 0 Å². The zero-order valence-electron chi connectivity index (χ0n) is 16.9. The number of benzene rings is 1. The lowest BCUT2D eigenvalue weighted by molar-refractivity contribution is -0.127. The summed E-state index contributed by atoms with van der Waals surface area (Å²) in [6.07, 6.45) is 5.04. The van der Waals surface area contributed by atoms with Gasteiger partial charge in [0, 0.05) is 32.1 Å². The Morgan fingerprint density at radius 2 is 2.04 bits per heavy atom. The van der Waals surface area contributed by atoms with Crippen LogP contribution in [0.5, 0.6) is 5.75 Å². The smallest absolute Gasteiger partial charge is 0.223 e. The Morgan fingerprint density at radius 3 is 2.70 bits per heavy atom. The van der Waals surface area contributed by atoms with Gasteiger partial charge in [-0.15, -0.1) is 0 Å². The fourth-order valence-electron chi connectivity index (χ4n) is 2.98. The summed E-state index contributed by atoms with van der Waals surface area (Å²) in [6.45, 7) is 7.12. The van der Waals surface area contributed by atoms with E-state index in [1.165, 1.54) is 12.0 Å². The van der Waals surface area contributed by atoms with Gasteiger partial charge in [-0.2, -0.15) is 0 Å². The number of hydrogen-bond acceptors (Lipinski definition) is 3. The summed E-state index contributed by atoms with van der Waals surface area (Å²) in [5, 5.41) is 9.64. The van der Waals surface area contributed by atoms with Crippen LogP contribution in [-0.2, 0) is 11.2 Å². The minimum absolute atomic E-state index is 0.212. The monoisotopic (exact) mass is 374 g/mol. The lowest BCUT2D eigenvalue weighted by Crippen LogP contribution is -2.38. The van der Waals surface area contributed by atoms with Gasteiger partial charge in [0.1, 0.15) is 5.75 Å². The van der Waals surface area contributed by atoms with E-state index in [9.17, 15) is 4.79 Å². The van der Waals surface area contributed by atoms with E-state index in [4.69, 9.17) is 4.74 Å². The van der Waals surface area contributed by atoms with Crippen molar-refractivity contribution in [3.63, 3.8) is 0 Å². The predicted molar refractivity (Wildman–Crippen MR) is 110 cm³/mol. The van der Waals surface area contributed by atoms with Crippen LogP contribution in [0.2, 0.25) is 0 Å². The molecule has 1 aliphatic rings. The molecule has 0 unspecified atom stereocenters. The van der Waals surface area contributed by atoms with Crippen LogP contribution in [0.15, 0.2) is 23.2 Å². The molecule has 6 heteroatoms. The average molecular weight is 375 g/mol. The topological polar surface area (TPSA) is 74.8 Å². The van der Waals surface area contributed by atoms with E-state index in [1.54, 1.807) is 7.11 Å². The number of ether oxygens (including phenoxy) is 1. The molecule has 1 aliphatic carbocycles. The highest BCUT2D eigenvalue weighted by molar-refractivity contribution is 5.80. The number of nitrogens with zero attached hydrogens (tertiary/aromatic N) is 1. The second-order valence-corrected chi connectivity index (χ2v) is 7.01. The van der Waals surface area contributed by atoms with Crippen molar-refractivity contribution in [1.82, 2.24) is 16.0 Å². The van der Waals surface area contributed by atoms with Crippen molar-refractivity contribution in [2.45, 2.75) is 46.0 Å². The molecular formula is C21H34N4O2. The number of aryl methyl sites for hydroxylation is 1. The van der Waals surface area contributed by atoms with Crippen molar-refractivity contribution in [3.05, 3.63) is 29.3 Å². The first-order valence-electron chi connectivity index (χ1n) is 10.1. The van der Waals surface area contributed by atoms with Gasteiger partial charge in [-0.05, 0) is 56.7 Å². The number of aliphatic imine (C=N–C) groups is 1. The van der Waals surface area contributed by atoms with Crippen molar-refractivity contribution in [2.24, 2.45) is 10.9 Å². The molecule has 3 N–H and O–H groups in total. The summed E-state index contributed by atoms with van der Waals surface area (Å²) < 4.78 is 5.38. The molecule has 0 atom stereocenters. The maximum absolute atomic E-state index is 11.8. The highest BCUT2D eigenvalue weighted by Gasteiger charge is 2.24. The molecule has 1 aromatic carbocycles. The minimum atomic E-state index is 0.212. The van der Waals surface area contributed by atoms with Gasteiger partial charge < -0.3 is 20.7 Å². The van der Waals surface area contributed by atoms with Gasteiger partial charge in [-0.3, -0.25) is 9.79 Å². The summed E-state index contributed by atoms with van der Waals surface area (Å²) in [6, 6.07) is 6.31. The molecule has 0 spiro atoms. The van der Waals surface area contributed by atoms with Gasteiger partial charge in [0.05, 0.1) is 7.11 Å². The molecule has 150 valence electrons. The Bertz CT molecular complexity index is 627. The molecule has 6 nitrogen and oxygen atoms in total. The van der Waals surface area contributed by atoms with Crippen molar-refractivity contribution in [3.8, 4) is 5.75 Å². The van der Waals surface area contributed by atoms with Gasteiger partial charge in [0.2, 0.25) is 5.91 Å². The molecule has 0 bridgehead atoms. The molecule has 27 heavy (non-hydrogen) atoms. The van der Waals surface area contributed by atoms with Crippen LogP contribution in [0, 0.1) is 12.8 Å². The van der Waals surface area contributed by atoms with E-state index < -0.39 is 0 Å². The average Bonchev–Trinajstić information content (AvgIpc) is 2.61. The molecule has 0 saturated heterocycles. The Labute approximate surface area is 163 Å². The first kappa shape index (κ1) is 21.1. The summed E-state index contributed by atoms with van der Waals surface area (Å²) >= 11 is 0. The van der Waals surface area contributed by atoms with Crippen molar-refractivity contribution in [1.29, 1.82) is 0 Å². The van der Waals surface area contributed by atoms with E-state index in [0.29, 0.717) is 13.1 Å². The molecule has 1 amide bonds. The Kier molecular flexibility index (Phi) is 8.95. The van der Waals surface area contributed by atoms with Crippen molar-refractivity contribution in [2.75, 3.05) is 33.3 Å². The zero-order valence-corrected chi connectivity index (χ0v) is 16.9. The fraction of sp³-hybridized carbons (Fsp3) is 0.619. The third kappa shape index (κ3) is 7.12. The lowest BCUT2D eigenvalue weighted by atomic mass is 9.85. The van der Waals surface area contributed by atoms with Crippen LogP contribution < -0.4 is 20.7 Å². The highest BCUT2D eigenvalue weighted by atomic mass is 16.5. The molecule has 0 aliphatic heterocycles. The molecule has 0 heterocycles. The zero-order chi connectivity index (χ0) is 19.5. The van der Waals surface area contributed by atoms with E-state index in [2.05, 4.69) is 46.1 Å². The molecule has 1 aromatic rings. The minimum Gasteiger partial charge on any atom is -0.496 e. The molecule has 0 radical (unpaired) electrons. The Hall–Kier alpha value is -2.24. The number of guanidine groups is 1. The SMILES string of the molecule is CCNC(=NCCCNC(=O)C1CCC1)NCCc1ccc(C)c(OC)c1. The van der Waals surface area contributed by atoms with Crippen LogP contribution in [0.25, 0.3) is 0 Å².